The van der Waals surface area contributed by atoms with E-state index in [4.69, 9.17) is 14.9 Å². The SMILES string of the molecule is Nc1ncnc2c1nc(-c1ccoc1)n2[C@@H]1O[C@H](CO)[C@@H](O)[C@H]1O. The van der Waals surface area contributed by atoms with E-state index in [1.165, 1.54) is 23.4 Å². The highest BCUT2D eigenvalue weighted by molar-refractivity contribution is 5.85. The van der Waals surface area contributed by atoms with Crippen LogP contribution in [0.2, 0.25) is 0 Å². The Morgan fingerprint density at radius 3 is 2.75 bits per heavy atom. The van der Waals surface area contributed by atoms with E-state index in [0.29, 0.717) is 22.6 Å². The molecule has 4 rings (SSSR count). The van der Waals surface area contributed by atoms with Crippen molar-refractivity contribution in [1.82, 2.24) is 19.5 Å². The predicted molar refractivity (Wildman–Crippen MR) is 80.4 cm³/mol. The number of fused-ring (bicyclic) bond motifs is 1. The molecule has 0 aliphatic carbocycles. The zero-order valence-corrected chi connectivity index (χ0v) is 12.4. The molecule has 0 unspecified atom stereocenters. The highest BCUT2D eigenvalue weighted by atomic mass is 16.6. The normalized spacial score (nSPS) is 27.1. The molecule has 0 bridgehead atoms. The molecular formula is C14H15N5O5. The molecule has 126 valence electrons. The Hall–Kier alpha value is -2.53. The van der Waals surface area contributed by atoms with Gasteiger partial charge in [-0.05, 0) is 6.07 Å². The first-order valence-corrected chi connectivity index (χ1v) is 7.25. The van der Waals surface area contributed by atoms with E-state index < -0.39 is 31.1 Å². The van der Waals surface area contributed by atoms with E-state index in [9.17, 15) is 15.3 Å². The molecule has 10 nitrogen and oxygen atoms in total. The van der Waals surface area contributed by atoms with E-state index in [1.54, 1.807) is 6.07 Å². The molecule has 1 fully saturated rings. The number of nitrogens with zero attached hydrogens (tertiary/aromatic N) is 4. The standard InChI is InChI=1S/C14H15N5O5/c15-11-8-13(17-5-16-11)19(12(18-8)6-1-2-23-4-6)14-10(22)9(21)7(3-20)24-14/h1-2,4-5,7,9-10,14,20-22H,3H2,(H2,15,16,17)/t7-,9-,10-,14-/m1/s1. The van der Waals surface area contributed by atoms with Gasteiger partial charge in [0.05, 0.1) is 18.4 Å². The number of ether oxygens (including phenoxy) is 1. The molecule has 0 spiro atoms. The number of nitrogen functional groups attached to an aromatic ring is 1. The van der Waals surface area contributed by atoms with Crippen molar-refractivity contribution in [2.24, 2.45) is 0 Å². The van der Waals surface area contributed by atoms with Crippen LogP contribution in [0, 0.1) is 0 Å². The first-order chi connectivity index (χ1) is 11.6. The van der Waals surface area contributed by atoms with E-state index in [-0.39, 0.29) is 5.82 Å². The largest absolute Gasteiger partial charge is 0.472 e. The molecule has 3 aromatic rings. The van der Waals surface area contributed by atoms with Crippen LogP contribution in [0.3, 0.4) is 0 Å². The third kappa shape index (κ3) is 2.08. The van der Waals surface area contributed by atoms with Gasteiger partial charge >= 0.3 is 0 Å². The number of rotatable bonds is 3. The van der Waals surface area contributed by atoms with Crippen molar-refractivity contribution in [1.29, 1.82) is 0 Å². The number of imidazole rings is 1. The van der Waals surface area contributed by atoms with Crippen LogP contribution in [0.15, 0.2) is 29.3 Å². The van der Waals surface area contributed by atoms with E-state index in [2.05, 4.69) is 15.0 Å². The number of aliphatic hydroxyl groups excluding tert-OH is 3. The number of furan rings is 1. The fourth-order valence-corrected chi connectivity index (χ4v) is 2.86. The highest BCUT2D eigenvalue weighted by Crippen LogP contribution is 2.36. The second-order valence-electron chi connectivity index (χ2n) is 5.48. The molecule has 1 aliphatic heterocycles. The van der Waals surface area contributed by atoms with Crippen LogP contribution in [0.5, 0.6) is 0 Å². The smallest absolute Gasteiger partial charge is 0.168 e. The van der Waals surface area contributed by atoms with E-state index >= 15 is 0 Å². The van der Waals surface area contributed by atoms with Gasteiger partial charge in [0, 0.05) is 0 Å². The van der Waals surface area contributed by atoms with E-state index in [0.717, 1.165) is 0 Å². The predicted octanol–water partition coefficient (Wildman–Crippen LogP) is -0.720. The maximum absolute atomic E-state index is 10.3. The fourth-order valence-electron chi connectivity index (χ4n) is 2.86. The Bertz CT molecular complexity index is 864. The van der Waals surface area contributed by atoms with Crippen LogP contribution >= 0.6 is 0 Å². The third-order valence-corrected chi connectivity index (χ3v) is 4.06. The first kappa shape index (κ1) is 15.0. The zero-order chi connectivity index (χ0) is 16.8. The van der Waals surface area contributed by atoms with Crippen molar-refractivity contribution in [3.63, 3.8) is 0 Å². The summed E-state index contributed by atoms with van der Waals surface area (Å²) in [5.41, 5.74) is 7.16. The van der Waals surface area contributed by atoms with Gasteiger partial charge in [0.2, 0.25) is 0 Å². The van der Waals surface area contributed by atoms with Gasteiger partial charge in [0.1, 0.15) is 36.7 Å². The summed E-state index contributed by atoms with van der Waals surface area (Å²) in [6.45, 7) is -0.431. The monoisotopic (exact) mass is 333 g/mol. The Kier molecular flexibility index (Phi) is 3.46. The lowest BCUT2D eigenvalue weighted by Gasteiger charge is -2.18. The zero-order valence-electron chi connectivity index (χ0n) is 12.4. The molecule has 1 saturated heterocycles. The van der Waals surface area contributed by atoms with Gasteiger partial charge in [-0.2, -0.15) is 0 Å². The molecule has 4 heterocycles. The number of hydrogen-bond donors (Lipinski definition) is 4. The maximum atomic E-state index is 10.3. The van der Waals surface area contributed by atoms with Crippen LogP contribution in [0.4, 0.5) is 5.82 Å². The Labute approximate surface area is 135 Å². The number of hydrogen-bond acceptors (Lipinski definition) is 9. The topological polar surface area (TPSA) is 153 Å². The van der Waals surface area contributed by atoms with Crippen molar-refractivity contribution in [3.8, 4) is 11.4 Å². The van der Waals surface area contributed by atoms with Crippen molar-refractivity contribution in [2.75, 3.05) is 12.3 Å². The minimum Gasteiger partial charge on any atom is -0.472 e. The van der Waals surface area contributed by atoms with Crippen molar-refractivity contribution in [2.45, 2.75) is 24.5 Å². The number of anilines is 1. The lowest BCUT2D eigenvalue weighted by Crippen LogP contribution is -2.33. The van der Waals surface area contributed by atoms with Gasteiger partial charge in [-0.25, -0.2) is 15.0 Å². The fraction of sp³-hybridized carbons (Fsp3) is 0.357. The molecule has 0 amide bonds. The van der Waals surface area contributed by atoms with E-state index in [1.807, 2.05) is 0 Å². The van der Waals surface area contributed by atoms with Gasteiger partial charge in [0.25, 0.3) is 0 Å². The molecule has 1 aliphatic rings. The molecular weight excluding hydrogens is 318 g/mol. The summed E-state index contributed by atoms with van der Waals surface area (Å²) in [6.07, 6.45) is -0.208. The number of aliphatic hydroxyl groups is 3. The quantitative estimate of drug-likeness (QED) is 0.486. The van der Waals surface area contributed by atoms with Gasteiger partial charge in [-0.3, -0.25) is 4.57 Å². The lowest BCUT2D eigenvalue weighted by molar-refractivity contribution is -0.0503. The van der Waals surface area contributed by atoms with Crippen molar-refractivity contribution >= 4 is 17.0 Å². The Balaban J connectivity index is 1.94. The minimum atomic E-state index is -1.28. The second-order valence-corrected chi connectivity index (χ2v) is 5.48. The summed E-state index contributed by atoms with van der Waals surface area (Å²) in [6, 6.07) is 1.68. The summed E-state index contributed by atoms with van der Waals surface area (Å²) in [5.74, 6) is 0.566. The van der Waals surface area contributed by atoms with Crippen LogP contribution in [0.1, 0.15) is 6.23 Å². The molecule has 24 heavy (non-hydrogen) atoms. The van der Waals surface area contributed by atoms with Crippen LogP contribution in [-0.2, 0) is 4.74 Å². The molecule has 5 N–H and O–H groups in total. The maximum Gasteiger partial charge on any atom is 0.168 e. The molecule has 0 saturated carbocycles. The van der Waals surface area contributed by atoms with Crippen LogP contribution < -0.4 is 5.73 Å². The number of aromatic nitrogens is 4. The molecule has 0 radical (unpaired) electrons. The average Bonchev–Trinajstić information content (AvgIpc) is 3.27. The van der Waals surface area contributed by atoms with Crippen molar-refractivity contribution in [3.05, 3.63) is 24.9 Å². The molecule has 0 aromatic carbocycles. The third-order valence-electron chi connectivity index (χ3n) is 4.06. The second kappa shape index (κ2) is 5.53. The summed E-state index contributed by atoms with van der Waals surface area (Å²) in [5, 5.41) is 29.7. The Morgan fingerprint density at radius 2 is 2.08 bits per heavy atom. The van der Waals surface area contributed by atoms with Gasteiger partial charge < -0.3 is 30.2 Å². The molecule has 3 aromatic heterocycles. The van der Waals surface area contributed by atoms with Gasteiger partial charge in [-0.15, -0.1) is 0 Å². The Morgan fingerprint density at radius 1 is 1.25 bits per heavy atom. The molecule has 4 atom stereocenters. The van der Waals surface area contributed by atoms with Gasteiger partial charge in [0.15, 0.2) is 23.2 Å². The summed E-state index contributed by atoms with van der Waals surface area (Å²) in [7, 11) is 0. The number of nitrogens with two attached hydrogens (primary N) is 1. The average molecular weight is 333 g/mol. The van der Waals surface area contributed by atoms with Crippen LogP contribution in [-0.4, -0.2) is 59.8 Å². The van der Waals surface area contributed by atoms with Gasteiger partial charge in [-0.1, -0.05) is 0 Å². The highest BCUT2D eigenvalue weighted by Gasteiger charge is 2.45. The summed E-state index contributed by atoms with van der Waals surface area (Å²) in [4.78, 5) is 12.5. The first-order valence-electron chi connectivity index (χ1n) is 7.25. The lowest BCUT2D eigenvalue weighted by atomic mass is 10.1. The van der Waals surface area contributed by atoms with Crippen LogP contribution in [0.25, 0.3) is 22.6 Å². The molecule has 10 heteroatoms. The summed E-state index contributed by atoms with van der Waals surface area (Å²) >= 11 is 0. The minimum absolute atomic E-state index is 0.176. The van der Waals surface area contributed by atoms with Crippen molar-refractivity contribution < 1.29 is 24.5 Å². The summed E-state index contributed by atoms with van der Waals surface area (Å²) < 4.78 is 12.2.